The third kappa shape index (κ3) is 4.37. The highest BCUT2D eigenvalue weighted by Crippen LogP contribution is 2.31. The van der Waals surface area contributed by atoms with Crippen molar-refractivity contribution in [3.8, 4) is 0 Å². The zero-order chi connectivity index (χ0) is 18.5. The molecular formula is C16H20N6O3S. The molecule has 1 unspecified atom stereocenters. The molecule has 1 N–H and O–H groups in total. The lowest BCUT2D eigenvalue weighted by Crippen LogP contribution is -2.28. The number of amides is 1. The van der Waals surface area contributed by atoms with Crippen LogP contribution in [-0.4, -0.2) is 36.8 Å². The van der Waals surface area contributed by atoms with E-state index in [1.165, 1.54) is 36.7 Å². The smallest absolute Gasteiger partial charge is 0.269 e. The lowest BCUT2D eigenvalue weighted by molar-refractivity contribution is -0.384. The van der Waals surface area contributed by atoms with Crippen molar-refractivity contribution in [2.45, 2.75) is 49.8 Å². The second-order valence-electron chi connectivity index (χ2n) is 6.27. The van der Waals surface area contributed by atoms with E-state index in [0.717, 1.165) is 12.8 Å². The lowest BCUT2D eigenvalue weighted by atomic mass is 10.1. The number of aromatic nitrogens is 4. The number of nitrogens with one attached hydrogen (secondary N) is 1. The summed E-state index contributed by atoms with van der Waals surface area (Å²) in [7, 11) is 0. The normalized spacial score (nSPS) is 15.7. The number of carbonyl (C=O) groups excluding carboxylic acids is 1. The summed E-state index contributed by atoms with van der Waals surface area (Å²) in [6.45, 7) is 1.80. The molecule has 0 bridgehead atoms. The fourth-order valence-corrected chi connectivity index (χ4v) is 3.82. The number of hydrogen-bond acceptors (Lipinski definition) is 7. The van der Waals surface area contributed by atoms with Crippen molar-refractivity contribution in [3.63, 3.8) is 0 Å². The van der Waals surface area contributed by atoms with E-state index >= 15 is 0 Å². The maximum Gasteiger partial charge on any atom is 0.269 e. The van der Waals surface area contributed by atoms with Crippen molar-refractivity contribution < 1.29 is 9.72 Å². The zero-order valence-corrected chi connectivity index (χ0v) is 15.2. The minimum absolute atomic E-state index is 0.00807. The van der Waals surface area contributed by atoms with Crippen LogP contribution < -0.4 is 5.32 Å². The number of non-ortho nitro benzene ring substituents is 1. The number of benzene rings is 1. The number of nitrogens with zero attached hydrogens (tertiary/aromatic N) is 5. The number of hydrogen-bond donors (Lipinski definition) is 1. The molecule has 2 aromatic rings. The van der Waals surface area contributed by atoms with E-state index in [0.29, 0.717) is 16.8 Å². The minimum atomic E-state index is -0.448. The van der Waals surface area contributed by atoms with E-state index in [2.05, 4.69) is 20.8 Å². The van der Waals surface area contributed by atoms with E-state index in [1.54, 1.807) is 19.1 Å². The van der Waals surface area contributed by atoms with E-state index in [4.69, 9.17) is 0 Å². The molecule has 1 aromatic heterocycles. The van der Waals surface area contributed by atoms with Crippen LogP contribution in [0.3, 0.4) is 0 Å². The molecule has 3 rings (SSSR count). The van der Waals surface area contributed by atoms with E-state index in [9.17, 15) is 14.9 Å². The maximum absolute atomic E-state index is 12.2. The highest BCUT2D eigenvalue weighted by Gasteiger charge is 2.22. The summed E-state index contributed by atoms with van der Waals surface area (Å²) in [5, 5.41) is 26.2. The molecule has 0 spiro atoms. The number of rotatable bonds is 7. The Kier molecular flexibility index (Phi) is 5.82. The quantitative estimate of drug-likeness (QED) is 0.448. The van der Waals surface area contributed by atoms with Gasteiger partial charge in [0.15, 0.2) is 0 Å². The van der Waals surface area contributed by atoms with Crippen LogP contribution >= 0.6 is 11.8 Å². The second kappa shape index (κ2) is 8.26. The molecule has 10 heteroatoms. The first kappa shape index (κ1) is 18.3. The third-order valence-corrected chi connectivity index (χ3v) is 5.36. The highest BCUT2D eigenvalue weighted by molar-refractivity contribution is 7.99. The van der Waals surface area contributed by atoms with E-state index in [1.807, 2.05) is 4.68 Å². The Balaban J connectivity index is 1.55. The van der Waals surface area contributed by atoms with Gasteiger partial charge in [-0.3, -0.25) is 14.9 Å². The first-order valence-electron chi connectivity index (χ1n) is 8.49. The van der Waals surface area contributed by atoms with Crippen molar-refractivity contribution in [1.82, 2.24) is 25.5 Å². The molecule has 1 aliphatic carbocycles. The van der Waals surface area contributed by atoms with Crippen LogP contribution in [0.4, 0.5) is 5.69 Å². The Morgan fingerprint density at radius 3 is 2.96 bits per heavy atom. The zero-order valence-electron chi connectivity index (χ0n) is 14.4. The summed E-state index contributed by atoms with van der Waals surface area (Å²) in [5.74, 6) is 0.0155. The van der Waals surface area contributed by atoms with Crippen LogP contribution in [0.1, 0.15) is 50.3 Å². The molecule has 9 nitrogen and oxygen atoms in total. The van der Waals surface area contributed by atoms with Gasteiger partial charge in [-0.1, -0.05) is 36.7 Å². The molecule has 1 fully saturated rings. The van der Waals surface area contributed by atoms with Crippen molar-refractivity contribution in [2.24, 2.45) is 0 Å². The summed E-state index contributed by atoms with van der Waals surface area (Å²) in [6, 6.07) is 6.26. The second-order valence-corrected chi connectivity index (χ2v) is 7.22. The predicted molar refractivity (Wildman–Crippen MR) is 95.7 cm³/mol. The van der Waals surface area contributed by atoms with Gasteiger partial charge in [0.2, 0.25) is 11.1 Å². The molecule has 138 valence electrons. The van der Waals surface area contributed by atoms with E-state index < -0.39 is 4.92 Å². The first-order valence-corrected chi connectivity index (χ1v) is 9.47. The maximum atomic E-state index is 12.2. The largest absolute Gasteiger partial charge is 0.349 e. The monoisotopic (exact) mass is 376 g/mol. The van der Waals surface area contributed by atoms with Crippen molar-refractivity contribution in [3.05, 3.63) is 39.9 Å². The van der Waals surface area contributed by atoms with Crippen LogP contribution in [0, 0.1) is 10.1 Å². The van der Waals surface area contributed by atoms with Gasteiger partial charge in [-0.05, 0) is 35.8 Å². The van der Waals surface area contributed by atoms with Crippen molar-refractivity contribution in [2.75, 3.05) is 5.75 Å². The number of tetrazole rings is 1. The van der Waals surface area contributed by atoms with Gasteiger partial charge in [-0.15, -0.1) is 5.10 Å². The average Bonchev–Trinajstić information content (AvgIpc) is 3.31. The Morgan fingerprint density at radius 2 is 2.23 bits per heavy atom. The fraction of sp³-hybridized carbons (Fsp3) is 0.500. The summed E-state index contributed by atoms with van der Waals surface area (Å²) < 4.78 is 1.81. The van der Waals surface area contributed by atoms with Gasteiger partial charge in [0.05, 0.1) is 22.8 Å². The molecular weight excluding hydrogens is 356 g/mol. The van der Waals surface area contributed by atoms with Crippen LogP contribution in [-0.2, 0) is 4.79 Å². The summed E-state index contributed by atoms with van der Waals surface area (Å²) in [4.78, 5) is 22.6. The van der Waals surface area contributed by atoms with Gasteiger partial charge in [-0.25, -0.2) is 4.68 Å². The SMILES string of the molecule is CC(NC(=O)CSc1nnnn1C1CCCC1)c1cccc([N+](=O)[O-])c1. The van der Waals surface area contributed by atoms with Crippen LogP contribution in [0.5, 0.6) is 0 Å². The lowest BCUT2D eigenvalue weighted by Gasteiger charge is -2.14. The molecule has 1 atom stereocenters. The van der Waals surface area contributed by atoms with E-state index in [-0.39, 0.29) is 23.4 Å². The Hall–Kier alpha value is -2.49. The summed E-state index contributed by atoms with van der Waals surface area (Å²) in [6.07, 6.45) is 4.48. The van der Waals surface area contributed by atoms with Crippen LogP contribution in [0.15, 0.2) is 29.4 Å². The number of nitro groups is 1. The number of nitro benzene ring substituents is 1. The fourth-order valence-electron chi connectivity index (χ4n) is 3.06. The summed E-state index contributed by atoms with van der Waals surface area (Å²) >= 11 is 1.30. The van der Waals surface area contributed by atoms with Crippen LogP contribution in [0.2, 0.25) is 0 Å². The molecule has 1 amide bonds. The molecule has 1 aliphatic rings. The van der Waals surface area contributed by atoms with Crippen molar-refractivity contribution >= 4 is 23.4 Å². The van der Waals surface area contributed by atoms with Gasteiger partial charge in [0.1, 0.15) is 0 Å². The number of thioether (sulfide) groups is 1. The topological polar surface area (TPSA) is 116 Å². The standard InChI is InChI=1S/C16H20N6O3S/c1-11(12-5-4-8-14(9-12)22(24)25)17-15(23)10-26-16-18-19-20-21(16)13-6-2-3-7-13/h4-5,8-9,11,13H,2-3,6-7,10H2,1H3,(H,17,23). The minimum Gasteiger partial charge on any atom is -0.349 e. The Morgan fingerprint density at radius 1 is 1.46 bits per heavy atom. The molecule has 0 aliphatic heterocycles. The Labute approximate surface area is 154 Å². The first-order chi connectivity index (χ1) is 12.5. The van der Waals surface area contributed by atoms with Crippen molar-refractivity contribution in [1.29, 1.82) is 0 Å². The van der Waals surface area contributed by atoms with Crippen LogP contribution in [0.25, 0.3) is 0 Å². The summed E-state index contributed by atoms with van der Waals surface area (Å²) in [5.41, 5.74) is 0.696. The predicted octanol–water partition coefficient (Wildman–Crippen LogP) is 2.67. The molecule has 1 heterocycles. The van der Waals surface area contributed by atoms with Gasteiger partial charge in [0, 0.05) is 12.1 Å². The van der Waals surface area contributed by atoms with Gasteiger partial charge in [0.25, 0.3) is 5.69 Å². The molecule has 1 aromatic carbocycles. The van der Waals surface area contributed by atoms with Gasteiger partial charge in [-0.2, -0.15) is 0 Å². The molecule has 0 radical (unpaired) electrons. The van der Waals surface area contributed by atoms with Gasteiger partial charge >= 0.3 is 0 Å². The van der Waals surface area contributed by atoms with Gasteiger partial charge < -0.3 is 5.32 Å². The Bertz CT molecular complexity index is 790. The third-order valence-electron chi connectivity index (χ3n) is 4.42. The average molecular weight is 376 g/mol. The molecule has 0 saturated heterocycles. The number of carbonyl (C=O) groups is 1. The highest BCUT2D eigenvalue weighted by atomic mass is 32.2. The molecule has 1 saturated carbocycles. The molecule has 26 heavy (non-hydrogen) atoms.